The van der Waals surface area contributed by atoms with Gasteiger partial charge in [-0.1, -0.05) is 12.1 Å². The number of nitrogens with zero attached hydrogens (tertiary/aromatic N) is 1. The van der Waals surface area contributed by atoms with Gasteiger partial charge in [-0.2, -0.15) is 0 Å². The zero-order chi connectivity index (χ0) is 35.7. The van der Waals surface area contributed by atoms with E-state index in [1.54, 1.807) is 32.9 Å². The highest BCUT2D eigenvalue weighted by molar-refractivity contribution is 6.11. The predicted octanol–water partition coefficient (Wildman–Crippen LogP) is 5.04. The second kappa shape index (κ2) is 16.3. The van der Waals surface area contributed by atoms with Gasteiger partial charge in [0.1, 0.15) is 34.8 Å². The number of hydrogen-bond acceptors (Lipinski definition) is 12. The molecule has 49 heavy (non-hydrogen) atoms. The Morgan fingerprint density at radius 3 is 2.35 bits per heavy atom. The highest BCUT2D eigenvalue weighted by Crippen LogP contribution is 2.28. The number of amides is 1. The number of ketones is 1. The number of aromatic hydroxyl groups is 1. The summed E-state index contributed by atoms with van der Waals surface area (Å²) < 4.78 is 40.8. The van der Waals surface area contributed by atoms with Gasteiger partial charge in [0.15, 0.2) is 12.6 Å². The van der Waals surface area contributed by atoms with Crippen LogP contribution in [-0.4, -0.2) is 85.8 Å². The van der Waals surface area contributed by atoms with Gasteiger partial charge in [-0.3, -0.25) is 9.59 Å². The standard InChI is InChI=1S/C35H39FN2O11/c1-35(2,3)48-34(43)49-38-16-6-7-30(27(19-38)37-32(41)25-17-23(36)12-14-28(25)39)47-33(42)22-10-8-21(9-11-22)31(40)26-18-24(45-5)13-15-29(26)46-20-44-4/h8-15,17-18,27,30,39H,6-7,16,19-20H2,1-5H3,(H,37,41)/t27-,30-/m1/s1. The van der Waals surface area contributed by atoms with Crippen molar-refractivity contribution in [1.29, 1.82) is 0 Å². The Bertz CT molecular complexity index is 1660. The van der Waals surface area contributed by atoms with Crippen LogP contribution in [-0.2, 0) is 19.0 Å². The summed E-state index contributed by atoms with van der Waals surface area (Å²) in [5.74, 6) is -2.44. The maximum atomic E-state index is 13.9. The van der Waals surface area contributed by atoms with Crippen LogP contribution in [0.4, 0.5) is 9.18 Å². The molecule has 0 unspecified atom stereocenters. The number of esters is 1. The zero-order valence-electron chi connectivity index (χ0n) is 27.8. The second-order valence-electron chi connectivity index (χ2n) is 12.1. The first-order chi connectivity index (χ1) is 23.3. The lowest BCUT2D eigenvalue weighted by atomic mass is 10.0. The normalized spacial score (nSPS) is 16.5. The van der Waals surface area contributed by atoms with Crippen LogP contribution in [0.25, 0.3) is 0 Å². The van der Waals surface area contributed by atoms with Gasteiger partial charge in [-0.15, -0.1) is 5.06 Å². The second-order valence-corrected chi connectivity index (χ2v) is 12.1. The molecule has 2 N–H and O–H groups in total. The average molecular weight is 683 g/mol. The first-order valence-corrected chi connectivity index (χ1v) is 15.4. The quantitative estimate of drug-likeness (QED) is 0.158. The van der Waals surface area contributed by atoms with Crippen LogP contribution >= 0.6 is 0 Å². The van der Waals surface area contributed by atoms with Gasteiger partial charge in [-0.25, -0.2) is 14.0 Å². The number of ether oxygens (including phenoxy) is 5. The molecule has 4 rings (SSSR count). The minimum atomic E-state index is -0.969. The van der Waals surface area contributed by atoms with Crippen molar-refractivity contribution in [2.75, 3.05) is 34.1 Å². The van der Waals surface area contributed by atoms with Crippen LogP contribution in [0, 0.1) is 5.82 Å². The fraction of sp³-hybridized carbons (Fsp3) is 0.371. The molecule has 0 bridgehead atoms. The Labute approximate surface area is 282 Å². The molecule has 262 valence electrons. The Balaban J connectivity index is 1.53. The molecule has 1 aliphatic heterocycles. The molecule has 0 saturated carbocycles. The number of carbonyl (C=O) groups excluding carboxylic acids is 4. The Morgan fingerprint density at radius 1 is 0.959 bits per heavy atom. The molecule has 0 aromatic heterocycles. The summed E-state index contributed by atoms with van der Waals surface area (Å²) in [4.78, 5) is 57.7. The summed E-state index contributed by atoms with van der Waals surface area (Å²) in [5, 5.41) is 14.2. The molecule has 1 fully saturated rings. The number of phenols is 1. The van der Waals surface area contributed by atoms with E-state index in [0.29, 0.717) is 12.2 Å². The van der Waals surface area contributed by atoms with E-state index in [-0.39, 0.29) is 60.1 Å². The summed E-state index contributed by atoms with van der Waals surface area (Å²) in [5.41, 5.74) is -0.543. The molecule has 1 saturated heterocycles. The van der Waals surface area contributed by atoms with Crippen LogP contribution in [0.2, 0.25) is 0 Å². The van der Waals surface area contributed by atoms with Crippen LogP contribution in [0.5, 0.6) is 17.2 Å². The summed E-state index contributed by atoms with van der Waals surface area (Å²) in [7, 11) is 2.93. The number of carbonyl (C=O) groups is 4. The van der Waals surface area contributed by atoms with Gasteiger partial charge in [0.25, 0.3) is 5.91 Å². The molecule has 14 heteroatoms. The fourth-order valence-corrected chi connectivity index (χ4v) is 4.95. The van der Waals surface area contributed by atoms with Gasteiger partial charge in [-0.05, 0) is 82.1 Å². The van der Waals surface area contributed by atoms with Crippen molar-refractivity contribution in [1.82, 2.24) is 10.4 Å². The smallest absolute Gasteiger partial charge is 0.507 e. The van der Waals surface area contributed by atoms with Crippen molar-refractivity contribution in [3.8, 4) is 17.2 Å². The lowest BCUT2D eigenvalue weighted by Crippen LogP contribution is -2.50. The molecule has 1 heterocycles. The lowest BCUT2D eigenvalue weighted by Gasteiger charge is -2.29. The van der Waals surface area contributed by atoms with Gasteiger partial charge in [0.05, 0.1) is 36.4 Å². The number of benzene rings is 3. The first-order valence-electron chi connectivity index (χ1n) is 15.4. The molecule has 0 radical (unpaired) electrons. The predicted molar refractivity (Wildman–Crippen MR) is 172 cm³/mol. The van der Waals surface area contributed by atoms with E-state index in [2.05, 4.69) is 5.32 Å². The van der Waals surface area contributed by atoms with E-state index < -0.39 is 47.3 Å². The maximum Gasteiger partial charge on any atom is 0.528 e. The van der Waals surface area contributed by atoms with Gasteiger partial charge >= 0.3 is 12.1 Å². The Kier molecular flexibility index (Phi) is 12.2. The topological polar surface area (TPSA) is 159 Å². The molecular formula is C35H39FN2O11. The minimum Gasteiger partial charge on any atom is -0.507 e. The fourth-order valence-electron chi connectivity index (χ4n) is 4.95. The third-order valence-corrected chi connectivity index (χ3v) is 7.26. The largest absolute Gasteiger partial charge is 0.528 e. The van der Waals surface area contributed by atoms with Crippen LogP contribution in [0.1, 0.15) is 70.3 Å². The highest BCUT2D eigenvalue weighted by atomic mass is 19.1. The molecule has 1 amide bonds. The molecule has 0 spiro atoms. The Hall–Kier alpha value is -5.21. The van der Waals surface area contributed by atoms with Gasteiger partial charge in [0, 0.05) is 19.2 Å². The monoisotopic (exact) mass is 682 g/mol. The average Bonchev–Trinajstić information content (AvgIpc) is 3.24. The number of phenolic OH excluding ortho intramolecular Hbond substituents is 1. The van der Waals surface area contributed by atoms with Crippen molar-refractivity contribution < 1.29 is 57.2 Å². The maximum absolute atomic E-state index is 13.9. The van der Waals surface area contributed by atoms with E-state index in [1.807, 2.05) is 0 Å². The van der Waals surface area contributed by atoms with E-state index in [1.165, 1.54) is 49.6 Å². The molecular weight excluding hydrogens is 643 g/mol. The molecule has 3 aromatic carbocycles. The van der Waals surface area contributed by atoms with E-state index in [0.717, 1.165) is 18.2 Å². The SMILES string of the molecule is COCOc1ccc(OC)cc1C(=O)c1ccc(C(=O)O[C@@H]2CCCN(OC(=O)OC(C)(C)C)C[C@H]2NC(=O)c2cc(F)ccc2O)cc1. The zero-order valence-corrected chi connectivity index (χ0v) is 27.8. The Morgan fingerprint density at radius 2 is 1.67 bits per heavy atom. The van der Waals surface area contributed by atoms with Crippen molar-refractivity contribution in [2.45, 2.75) is 51.4 Å². The summed E-state index contributed by atoms with van der Waals surface area (Å²) >= 11 is 0. The van der Waals surface area contributed by atoms with E-state index in [9.17, 15) is 28.7 Å². The van der Waals surface area contributed by atoms with Gasteiger partial charge in [0.2, 0.25) is 0 Å². The minimum absolute atomic E-state index is 0.0751. The number of methoxy groups -OCH3 is 2. The molecule has 13 nitrogen and oxygen atoms in total. The summed E-state index contributed by atoms with van der Waals surface area (Å²) in [6.07, 6.45) is -1.26. The third-order valence-electron chi connectivity index (χ3n) is 7.26. The summed E-state index contributed by atoms with van der Waals surface area (Å²) in [6, 6.07) is 12.5. The molecule has 0 aliphatic carbocycles. The molecule has 1 aliphatic rings. The highest BCUT2D eigenvalue weighted by Gasteiger charge is 2.34. The number of halogens is 1. The number of hydroxylamine groups is 2. The van der Waals surface area contributed by atoms with Crippen LogP contribution in [0.15, 0.2) is 60.7 Å². The van der Waals surface area contributed by atoms with E-state index in [4.69, 9.17) is 28.5 Å². The molecule has 2 atom stereocenters. The van der Waals surface area contributed by atoms with Crippen molar-refractivity contribution in [3.63, 3.8) is 0 Å². The lowest BCUT2D eigenvalue weighted by molar-refractivity contribution is -0.144. The van der Waals surface area contributed by atoms with Crippen molar-refractivity contribution in [2.24, 2.45) is 0 Å². The van der Waals surface area contributed by atoms with Crippen molar-refractivity contribution in [3.05, 3.63) is 88.7 Å². The number of rotatable bonds is 11. The van der Waals surface area contributed by atoms with Crippen LogP contribution < -0.4 is 14.8 Å². The van der Waals surface area contributed by atoms with Gasteiger partial charge < -0.3 is 38.9 Å². The van der Waals surface area contributed by atoms with E-state index >= 15 is 0 Å². The van der Waals surface area contributed by atoms with Crippen molar-refractivity contribution >= 4 is 23.8 Å². The third kappa shape index (κ3) is 10.1. The van der Waals surface area contributed by atoms with Crippen LogP contribution in [0.3, 0.4) is 0 Å². The molecule has 3 aromatic rings. The number of hydrogen-bond donors (Lipinski definition) is 2. The summed E-state index contributed by atoms with van der Waals surface area (Å²) in [6.45, 7) is 5.06. The first kappa shape index (κ1) is 36.6. The number of nitrogens with one attached hydrogen (secondary N) is 1.